The third-order valence-electron chi connectivity index (χ3n) is 2.61. The quantitative estimate of drug-likeness (QED) is 0.871. The first-order chi connectivity index (χ1) is 7.16. The summed E-state index contributed by atoms with van der Waals surface area (Å²) < 4.78 is 21.7. The normalized spacial score (nSPS) is 17.8. The second-order valence-electron chi connectivity index (χ2n) is 4.07. The predicted molar refractivity (Wildman–Crippen MR) is 68.3 cm³/mol. The molecule has 1 rings (SSSR count). The van der Waals surface area contributed by atoms with Crippen molar-refractivity contribution in [2.24, 2.45) is 0 Å². The predicted octanol–water partition coefficient (Wildman–Crippen LogP) is 2.18. The maximum absolute atomic E-state index is 11.5. The van der Waals surface area contributed by atoms with Crippen LogP contribution in [0.2, 0.25) is 0 Å². The zero-order valence-electron chi connectivity index (χ0n) is 9.44. The number of aliphatic hydroxyl groups is 1. The highest BCUT2D eigenvalue weighted by molar-refractivity contribution is 9.11. The Morgan fingerprint density at radius 2 is 1.75 bits per heavy atom. The van der Waals surface area contributed by atoms with Gasteiger partial charge in [0.25, 0.3) is 0 Å². The van der Waals surface area contributed by atoms with Gasteiger partial charge in [-0.1, -0.05) is 45.8 Å². The molecular weight excluding hydrogens is 292 g/mol. The Balaban J connectivity index is 3.12. The van der Waals surface area contributed by atoms with Crippen LogP contribution in [0.3, 0.4) is 0 Å². The van der Waals surface area contributed by atoms with Gasteiger partial charge in [0.2, 0.25) is 0 Å². The Morgan fingerprint density at radius 1 is 1.31 bits per heavy atom. The minimum Gasteiger partial charge on any atom is -0.386 e. The lowest BCUT2D eigenvalue weighted by Crippen LogP contribution is -2.34. The number of hydrogen-bond acceptors (Lipinski definition) is 3. The summed E-state index contributed by atoms with van der Waals surface area (Å²) in [4.78, 5) is 0. The summed E-state index contributed by atoms with van der Waals surface area (Å²) in [5.74, 6) is 0. The molecule has 0 bridgehead atoms. The van der Waals surface area contributed by atoms with E-state index in [0.29, 0.717) is 5.56 Å². The second kappa shape index (κ2) is 4.47. The lowest BCUT2D eigenvalue weighted by molar-refractivity contribution is 0.168. The van der Waals surface area contributed by atoms with Crippen LogP contribution in [0.1, 0.15) is 24.2 Å². The molecule has 90 valence electrons. The minimum atomic E-state index is -3.39. The monoisotopic (exact) mass is 306 g/mol. The van der Waals surface area contributed by atoms with E-state index < -0.39 is 19.6 Å². The van der Waals surface area contributed by atoms with Crippen molar-refractivity contribution in [2.45, 2.75) is 23.6 Å². The molecule has 0 saturated heterocycles. The van der Waals surface area contributed by atoms with Crippen molar-refractivity contribution >= 4 is 25.8 Å². The molecule has 1 aromatic rings. The van der Waals surface area contributed by atoms with Gasteiger partial charge in [-0.05, 0) is 19.4 Å². The van der Waals surface area contributed by atoms with Gasteiger partial charge in [0.1, 0.15) is 6.10 Å². The summed E-state index contributed by atoms with van der Waals surface area (Å²) in [5, 5.41) is 10.0. The molecule has 1 N–H and O–H groups in total. The Bertz CT molecular complexity index is 463. The molecule has 5 heteroatoms. The highest BCUT2D eigenvalue weighted by Crippen LogP contribution is 2.37. The van der Waals surface area contributed by atoms with Gasteiger partial charge >= 0.3 is 0 Å². The van der Waals surface area contributed by atoms with E-state index in [0.717, 1.165) is 11.8 Å². The zero-order valence-corrected chi connectivity index (χ0v) is 11.8. The van der Waals surface area contributed by atoms with Crippen LogP contribution in [0.25, 0.3) is 0 Å². The van der Waals surface area contributed by atoms with Crippen molar-refractivity contribution in [2.75, 3.05) is 6.26 Å². The Morgan fingerprint density at radius 3 is 2.12 bits per heavy atom. The topological polar surface area (TPSA) is 54.4 Å². The minimum absolute atomic E-state index is 0.579. The molecule has 0 saturated carbocycles. The molecule has 0 aliphatic rings. The molecule has 0 unspecified atom stereocenters. The molecule has 0 spiro atoms. The molecule has 0 amide bonds. The maximum atomic E-state index is 11.5. The smallest absolute Gasteiger partial charge is 0.165 e. The lowest BCUT2D eigenvalue weighted by Gasteiger charge is -2.26. The maximum Gasteiger partial charge on any atom is 0.165 e. The van der Waals surface area contributed by atoms with Crippen molar-refractivity contribution in [3.63, 3.8) is 0 Å². The fraction of sp³-hybridized carbons (Fsp3) is 0.455. The molecule has 0 aromatic heterocycles. The molecule has 0 heterocycles. The average molecular weight is 307 g/mol. The number of hydrogen-bond donors (Lipinski definition) is 1. The molecule has 0 fully saturated rings. The van der Waals surface area contributed by atoms with E-state index in [-0.39, 0.29) is 0 Å². The number of halogens is 1. The summed E-state index contributed by atoms with van der Waals surface area (Å²) in [5.41, 5.74) is 1.64. The SMILES string of the molecule is Cc1ccc([C@H](O)[C@](C)(Br)S(C)(=O)=O)cc1. The average Bonchev–Trinajstić information content (AvgIpc) is 2.16. The van der Waals surface area contributed by atoms with E-state index in [1.807, 2.05) is 19.1 Å². The first-order valence-corrected chi connectivity index (χ1v) is 7.48. The van der Waals surface area contributed by atoms with Crippen molar-refractivity contribution in [1.29, 1.82) is 0 Å². The van der Waals surface area contributed by atoms with Gasteiger partial charge in [-0.15, -0.1) is 0 Å². The third kappa shape index (κ3) is 2.64. The molecule has 16 heavy (non-hydrogen) atoms. The zero-order chi connectivity index (χ0) is 12.6. The van der Waals surface area contributed by atoms with Crippen molar-refractivity contribution in [1.82, 2.24) is 0 Å². The summed E-state index contributed by atoms with van der Waals surface area (Å²) in [6, 6.07) is 7.13. The second-order valence-corrected chi connectivity index (χ2v) is 8.64. The molecule has 2 atom stereocenters. The van der Waals surface area contributed by atoms with Crippen LogP contribution in [0.4, 0.5) is 0 Å². The standard InChI is InChI=1S/C11H15BrO3S/c1-8-4-6-9(7-5-8)10(13)11(2,12)16(3,14)15/h4-7,10,13H,1-3H3/t10-,11+/m0/s1. The first-order valence-electron chi connectivity index (χ1n) is 4.79. The number of sulfone groups is 1. The first kappa shape index (κ1) is 13.7. The highest BCUT2D eigenvalue weighted by Gasteiger charge is 2.41. The number of aliphatic hydroxyl groups excluding tert-OH is 1. The van der Waals surface area contributed by atoms with Crippen molar-refractivity contribution in [3.05, 3.63) is 35.4 Å². The molecule has 3 nitrogen and oxygen atoms in total. The van der Waals surface area contributed by atoms with Crippen molar-refractivity contribution in [3.8, 4) is 0 Å². The van der Waals surface area contributed by atoms with Crippen LogP contribution in [0.15, 0.2) is 24.3 Å². The van der Waals surface area contributed by atoms with Crippen LogP contribution in [0.5, 0.6) is 0 Å². The molecule has 0 radical (unpaired) electrons. The van der Waals surface area contributed by atoms with Crippen LogP contribution >= 0.6 is 15.9 Å². The van der Waals surface area contributed by atoms with Crippen LogP contribution in [-0.2, 0) is 9.84 Å². The molecular formula is C11H15BrO3S. The van der Waals surface area contributed by atoms with E-state index in [1.54, 1.807) is 12.1 Å². The largest absolute Gasteiger partial charge is 0.386 e. The van der Waals surface area contributed by atoms with E-state index >= 15 is 0 Å². The van der Waals surface area contributed by atoms with Gasteiger partial charge in [-0.3, -0.25) is 0 Å². The van der Waals surface area contributed by atoms with Crippen LogP contribution in [-0.4, -0.2) is 23.4 Å². The van der Waals surface area contributed by atoms with Crippen molar-refractivity contribution < 1.29 is 13.5 Å². The number of benzene rings is 1. The summed E-state index contributed by atoms with van der Waals surface area (Å²) in [6.07, 6.45) is 0.00204. The number of rotatable bonds is 3. The summed E-state index contributed by atoms with van der Waals surface area (Å²) >= 11 is 3.09. The fourth-order valence-corrected chi connectivity index (χ4v) is 2.06. The fourth-order valence-electron chi connectivity index (χ4n) is 1.25. The van der Waals surface area contributed by atoms with Gasteiger partial charge in [-0.2, -0.15) is 0 Å². The van der Waals surface area contributed by atoms with E-state index in [4.69, 9.17) is 0 Å². The van der Waals surface area contributed by atoms with Gasteiger partial charge in [0.15, 0.2) is 13.5 Å². The number of aryl methyl sites for hydroxylation is 1. The van der Waals surface area contributed by atoms with Gasteiger partial charge in [-0.25, -0.2) is 8.42 Å². The summed E-state index contributed by atoms with van der Waals surface area (Å²) in [6.45, 7) is 3.38. The van der Waals surface area contributed by atoms with Crippen LogP contribution in [0, 0.1) is 6.92 Å². The Labute approximate surface area is 105 Å². The highest BCUT2D eigenvalue weighted by atomic mass is 79.9. The Hall–Kier alpha value is -0.390. The van der Waals surface area contributed by atoms with E-state index in [1.165, 1.54) is 6.92 Å². The summed E-state index contributed by atoms with van der Waals surface area (Å²) in [7, 11) is -3.39. The third-order valence-corrected chi connectivity index (χ3v) is 6.48. The van der Waals surface area contributed by atoms with Gasteiger partial charge < -0.3 is 5.11 Å². The Kier molecular flexibility index (Phi) is 3.82. The molecule has 1 aromatic carbocycles. The van der Waals surface area contributed by atoms with Gasteiger partial charge in [0, 0.05) is 6.26 Å². The van der Waals surface area contributed by atoms with Gasteiger partial charge in [0.05, 0.1) is 0 Å². The van der Waals surface area contributed by atoms with E-state index in [2.05, 4.69) is 15.9 Å². The van der Waals surface area contributed by atoms with E-state index in [9.17, 15) is 13.5 Å². The molecule has 0 aliphatic heterocycles. The number of alkyl halides is 1. The van der Waals surface area contributed by atoms with Crippen LogP contribution < -0.4 is 0 Å². The lowest BCUT2D eigenvalue weighted by atomic mass is 10.1. The molecule has 0 aliphatic carbocycles.